The number of benzene rings is 1. The van der Waals surface area contributed by atoms with Crippen LogP contribution in [0.3, 0.4) is 0 Å². The monoisotopic (exact) mass is 188 g/mol. The van der Waals surface area contributed by atoms with Crippen molar-refractivity contribution in [2.45, 2.75) is 19.4 Å². The molecule has 3 unspecified atom stereocenters. The van der Waals surface area contributed by atoms with Crippen LogP contribution in [0.15, 0.2) is 30.3 Å². The van der Waals surface area contributed by atoms with Gasteiger partial charge in [0.05, 0.1) is 13.0 Å². The standard InChI is InChI=1S/C13H18N/c1-10-8-11(2)13(14-9-10)12-6-4-3-5-7-12/h3-7,10-11,13-14H,2,8-9H2,1H3/q+1. The minimum absolute atomic E-state index is 0.451. The smallest absolute Gasteiger partial charge is 0.115 e. The Morgan fingerprint density at radius 1 is 1.29 bits per heavy atom. The molecule has 1 heterocycles. The molecule has 0 spiro atoms. The van der Waals surface area contributed by atoms with Crippen LogP contribution in [-0.2, 0) is 0 Å². The van der Waals surface area contributed by atoms with Crippen molar-refractivity contribution in [1.29, 1.82) is 0 Å². The third-order valence-electron chi connectivity index (χ3n) is 3.02. The molecular weight excluding hydrogens is 170 g/mol. The first-order valence-electron chi connectivity index (χ1n) is 5.39. The summed E-state index contributed by atoms with van der Waals surface area (Å²) in [4.78, 5) is 0. The lowest BCUT2D eigenvalue weighted by atomic mass is 9.83. The van der Waals surface area contributed by atoms with Gasteiger partial charge in [0.1, 0.15) is 5.92 Å². The maximum atomic E-state index is 4.24. The SMILES string of the molecule is [CH2+]C1CC(C)CNC1c1ccccc1. The van der Waals surface area contributed by atoms with Crippen molar-refractivity contribution in [3.05, 3.63) is 42.8 Å². The summed E-state index contributed by atoms with van der Waals surface area (Å²) in [5.74, 6) is 1.26. The quantitative estimate of drug-likeness (QED) is 0.668. The molecule has 1 aliphatic heterocycles. The highest BCUT2D eigenvalue weighted by Crippen LogP contribution is 2.30. The molecule has 0 bridgehead atoms. The summed E-state index contributed by atoms with van der Waals surface area (Å²) in [7, 11) is 0. The Labute approximate surface area is 86.5 Å². The molecular formula is C13H18N+. The van der Waals surface area contributed by atoms with Crippen LogP contribution in [-0.4, -0.2) is 6.54 Å². The third-order valence-corrected chi connectivity index (χ3v) is 3.02. The van der Waals surface area contributed by atoms with E-state index in [0.717, 1.165) is 12.5 Å². The minimum atomic E-state index is 0.451. The van der Waals surface area contributed by atoms with E-state index in [1.54, 1.807) is 0 Å². The van der Waals surface area contributed by atoms with E-state index in [1.807, 2.05) is 0 Å². The second-order valence-corrected chi connectivity index (χ2v) is 4.40. The van der Waals surface area contributed by atoms with Gasteiger partial charge in [0.15, 0.2) is 0 Å². The average Bonchev–Trinajstić information content (AvgIpc) is 2.19. The van der Waals surface area contributed by atoms with Crippen LogP contribution >= 0.6 is 0 Å². The second-order valence-electron chi connectivity index (χ2n) is 4.40. The molecule has 2 rings (SSSR count). The number of rotatable bonds is 1. The van der Waals surface area contributed by atoms with Crippen LogP contribution in [0.1, 0.15) is 24.9 Å². The van der Waals surface area contributed by atoms with Gasteiger partial charge in [0.25, 0.3) is 0 Å². The molecule has 74 valence electrons. The van der Waals surface area contributed by atoms with Gasteiger partial charge >= 0.3 is 0 Å². The van der Waals surface area contributed by atoms with Crippen LogP contribution in [0.5, 0.6) is 0 Å². The van der Waals surface area contributed by atoms with Crippen LogP contribution < -0.4 is 5.32 Å². The van der Waals surface area contributed by atoms with E-state index >= 15 is 0 Å². The molecule has 1 fully saturated rings. The molecule has 0 saturated carbocycles. The van der Waals surface area contributed by atoms with Crippen molar-refractivity contribution >= 4 is 0 Å². The molecule has 0 aromatic heterocycles. The van der Waals surface area contributed by atoms with Gasteiger partial charge in [-0.25, -0.2) is 0 Å². The first kappa shape index (κ1) is 9.60. The Balaban J connectivity index is 2.12. The molecule has 0 aliphatic carbocycles. The molecule has 1 aromatic rings. The fourth-order valence-electron chi connectivity index (χ4n) is 2.28. The van der Waals surface area contributed by atoms with E-state index < -0.39 is 0 Å². The summed E-state index contributed by atoms with van der Waals surface area (Å²) in [6.07, 6.45) is 1.23. The van der Waals surface area contributed by atoms with Crippen LogP contribution in [0, 0.1) is 18.8 Å². The Bertz CT molecular complexity index is 281. The predicted octanol–water partition coefficient (Wildman–Crippen LogP) is 2.81. The summed E-state index contributed by atoms with van der Waals surface area (Å²) >= 11 is 0. The zero-order chi connectivity index (χ0) is 9.97. The summed E-state index contributed by atoms with van der Waals surface area (Å²) in [6.45, 7) is 7.64. The molecule has 1 aromatic carbocycles. The van der Waals surface area contributed by atoms with Crippen LogP contribution in [0.2, 0.25) is 0 Å². The Morgan fingerprint density at radius 2 is 2.00 bits per heavy atom. The molecule has 14 heavy (non-hydrogen) atoms. The van der Waals surface area contributed by atoms with E-state index in [-0.39, 0.29) is 0 Å². The van der Waals surface area contributed by atoms with Crippen molar-refractivity contribution in [2.75, 3.05) is 6.54 Å². The Hall–Kier alpha value is -0.950. The van der Waals surface area contributed by atoms with Crippen molar-refractivity contribution in [3.63, 3.8) is 0 Å². The van der Waals surface area contributed by atoms with Gasteiger partial charge in [0.2, 0.25) is 0 Å². The summed E-state index contributed by atoms with van der Waals surface area (Å²) < 4.78 is 0. The Morgan fingerprint density at radius 3 is 2.64 bits per heavy atom. The number of hydrogen-bond acceptors (Lipinski definition) is 1. The van der Waals surface area contributed by atoms with Gasteiger partial charge in [-0.05, 0) is 24.4 Å². The molecule has 3 atom stereocenters. The maximum Gasteiger partial charge on any atom is 0.115 e. The van der Waals surface area contributed by atoms with Crippen molar-refractivity contribution in [2.24, 2.45) is 11.8 Å². The summed E-state index contributed by atoms with van der Waals surface area (Å²) in [5.41, 5.74) is 1.37. The predicted molar refractivity (Wildman–Crippen MR) is 59.8 cm³/mol. The fraction of sp³-hybridized carbons (Fsp3) is 0.462. The summed E-state index contributed by atoms with van der Waals surface area (Å²) in [6, 6.07) is 11.1. The van der Waals surface area contributed by atoms with Gasteiger partial charge in [-0.1, -0.05) is 37.3 Å². The zero-order valence-electron chi connectivity index (χ0n) is 8.74. The average molecular weight is 188 g/mol. The largest absolute Gasteiger partial charge is 0.306 e. The molecule has 1 nitrogen and oxygen atoms in total. The minimum Gasteiger partial charge on any atom is -0.306 e. The van der Waals surface area contributed by atoms with Crippen molar-refractivity contribution in [3.8, 4) is 0 Å². The lowest BCUT2D eigenvalue weighted by Crippen LogP contribution is -2.37. The molecule has 1 N–H and O–H groups in total. The molecule has 1 heteroatoms. The maximum absolute atomic E-state index is 4.24. The number of hydrogen-bond donors (Lipinski definition) is 1. The van der Waals surface area contributed by atoms with E-state index in [0.29, 0.717) is 12.0 Å². The van der Waals surface area contributed by atoms with E-state index in [2.05, 4.69) is 49.5 Å². The van der Waals surface area contributed by atoms with E-state index in [9.17, 15) is 0 Å². The number of nitrogens with one attached hydrogen (secondary N) is 1. The van der Waals surface area contributed by atoms with Gasteiger partial charge in [-0.15, -0.1) is 0 Å². The summed E-state index contributed by atoms with van der Waals surface area (Å²) in [5, 5.41) is 3.57. The number of piperidine rings is 1. The lowest BCUT2D eigenvalue weighted by molar-refractivity contribution is 0.268. The van der Waals surface area contributed by atoms with Gasteiger partial charge in [-0.3, -0.25) is 0 Å². The van der Waals surface area contributed by atoms with E-state index in [1.165, 1.54) is 12.0 Å². The van der Waals surface area contributed by atoms with Crippen molar-refractivity contribution in [1.82, 2.24) is 5.32 Å². The first-order chi connectivity index (χ1) is 6.77. The molecule has 1 saturated heterocycles. The highest BCUT2D eigenvalue weighted by Gasteiger charge is 2.30. The normalized spacial score (nSPS) is 32.8. The zero-order valence-corrected chi connectivity index (χ0v) is 8.74. The molecule has 1 aliphatic rings. The van der Waals surface area contributed by atoms with E-state index in [4.69, 9.17) is 0 Å². The second kappa shape index (κ2) is 4.05. The van der Waals surface area contributed by atoms with Crippen LogP contribution in [0.4, 0.5) is 0 Å². The topological polar surface area (TPSA) is 12.0 Å². The van der Waals surface area contributed by atoms with Gasteiger partial charge in [0, 0.05) is 0 Å². The molecule has 0 amide bonds. The lowest BCUT2D eigenvalue weighted by Gasteiger charge is -2.30. The molecule has 0 radical (unpaired) electrons. The highest BCUT2D eigenvalue weighted by molar-refractivity contribution is 5.20. The fourth-order valence-corrected chi connectivity index (χ4v) is 2.28. The van der Waals surface area contributed by atoms with Gasteiger partial charge < -0.3 is 5.32 Å². The Kier molecular flexibility index (Phi) is 2.78. The van der Waals surface area contributed by atoms with Crippen LogP contribution in [0.25, 0.3) is 0 Å². The highest BCUT2D eigenvalue weighted by atomic mass is 14.9. The van der Waals surface area contributed by atoms with Gasteiger partial charge in [-0.2, -0.15) is 0 Å². The first-order valence-corrected chi connectivity index (χ1v) is 5.39. The van der Waals surface area contributed by atoms with Crippen molar-refractivity contribution < 1.29 is 0 Å². The third kappa shape index (κ3) is 1.93.